The van der Waals surface area contributed by atoms with Gasteiger partial charge in [0, 0.05) is 38.3 Å². The monoisotopic (exact) mass is 496 g/mol. The predicted molar refractivity (Wildman–Crippen MR) is 132 cm³/mol. The quantitative estimate of drug-likeness (QED) is 0.677. The van der Waals surface area contributed by atoms with Gasteiger partial charge in [-0.1, -0.05) is 6.07 Å². The molecule has 1 aromatic carbocycles. The Balaban J connectivity index is 1.48. The zero-order chi connectivity index (χ0) is 24.6. The maximum absolute atomic E-state index is 13.5. The molecule has 5 rings (SSSR count). The number of pyridine rings is 1. The van der Waals surface area contributed by atoms with E-state index in [0.29, 0.717) is 36.0 Å². The summed E-state index contributed by atoms with van der Waals surface area (Å²) in [6.07, 6.45) is 3.89. The largest absolute Gasteiger partial charge is 0.379 e. The van der Waals surface area contributed by atoms with Crippen molar-refractivity contribution in [3.8, 4) is 0 Å². The lowest BCUT2D eigenvalue weighted by Gasteiger charge is -2.27. The van der Waals surface area contributed by atoms with Gasteiger partial charge in [-0.3, -0.25) is 9.59 Å². The number of carbonyl (C=O) groups excluding carboxylic acids is 2. The highest BCUT2D eigenvalue weighted by molar-refractivity contribution is 7.89. The number of nitrogens with one attached hydrogen (secondary N) is 1. The number of ketones is 1. The van der Waals surface area contributed by atoms with Crippen LogP contribution in [0.1, 0.15) is 41.4 Å². The number of anilines is 2. The van der Waals surface area contributed by atoms with Crippen molar-refractivity contribution in [2.24, 2.45) is 0 Å². The normalized spacial score (nSPS) is 18.8. The molecule has 0 bridgehead atoms. The highest BCUT2D eigenvalue weighted by Crippen LogP contribution is 2.30. The highest BCUT2D eigenvalue weighted by Gasteiger charge is 2.29. The van der Waals surface area contributed by atoms with E-state index in [1.54, 1.807) is 30.3 Å². The van der Waals surface area contributed by atoms with Crippen molar-refractivity contribution in [2.45, 2.75) is 31.1 Å². The van der Waals surface area contributed by atoms with E-state index in [4.69, 9.17) is 4.74 Å². The molecule has 1 aromatic heterocycles. The van der Waals surface area contributed by atoms with E-state index < -0.39 is 15.9 Å². The molecule has 184 valence electrons. The Morgan fingerprint density at radius 1 is 1.06 bits per heavy atom. The minimum Gasteiger partial charge on any atom is -0.379 e. The number of fused-ring (bicyclic) bond motifs is 1. The van der Waals surface area contributed by atoms with Crippen molar-refractivity contribution in [1.29, 1.82) is 0 Å². The lowest BCUT2D eigenvalue weighted by atomic mass is 9.95. The average Bonchev–Trinajstić information content (AvgIpc) is 3.39. The molecular weight excluding hydrogens is 468 g/mol. The van der Waals surface area contributed by atoms with Crippen molar-refractivity contribution in [1.82, 2.24) is 9.29 Å². The predicted octanol–water partition coefficient (Wildman–Crippen LogP) is 2.48. The van der Waals surface area contributed by atoms with Crippen LogP contribution in [0.25, 0.3) is 5.57 Å². The van der Waals surface area contributed by atoms with Crippen LogP contribution in [-0.2, 0) is 26.0 Å². The van der Waals surface area contributed by atoms with Gasteiger partial charge in [-0.25, -0.2) is 13.4 Å². The maximum atomic E-state index is 13.5. The van der Waals surface area contributed by atoms with Crippen LogP contribution in [0.2, 0.25) is 0 Å². The van der Waals surface area contributed by atoms with Crippen LogP contribution < -0.4 is 10.2 Å². The molecule has 2 saturated heterocycles. The first kappa shape index (κ1) is 23.7. The summed E-state index contributed by atoms with van der Waals surface area (Å²) < 4.78 is 33.2. The number of morpholine rings is 1. The zero-order valence-corrected chi connectivity index (χ0v) is 20.4. The molecule has 1 aliphatic carbocycles. The van der Waals surface area contributed by atoms with Gasteiger partial charge in [0.1, 0.15) is 5.82 Å². The van der Waals surface area contributed by atoms with Gasteiger partial charge in [0.2, 0.25) is 10.0 Å². The van der Waals surface area contributed by atoms with Crippen molar-refractivity contribution in [2.75, 3.05) is 49.6 Å². The van der Waals surface area contributed by atoms with E-state index in [1.807, 2.05) is 6.92 Å². The number of hydrogen-bond acceptors (Lipinski definition) is 7. The zero-order valence-electron chi connectivity index (χ0n) is 19.6. The van der Waals surface area contributed by atoms with Crippen LogP contribution >= 0.6 is 0 Å². The first-order valence-corrected chi connectivity index (χ1v) is 13.3. The summed E-state index contributed by atoms with van der Waals surface area (Å²) in [5, 5.41) is 2.84. The topological polar surface area (TPSA) is 109 Å². The van der Waals surface area contributed by atoms with E-state index in [1.165, 1.54) is 10.4 Å². The summed E-state index contributed by atoms with van der Waals surface area (Å²) in [4.78, 5) is 32.1. The van der Waals surface area contributed by atoms with Crippen LogP contribution in [-0.4, -0.2) is 68.8 Å². The van der Waals surface area contributed by atoms with Gasteiger partial charge in [0.05, 0.1) is 29.4 Å². The third-order valence-electron chi connectivity index (χ3n) is 6.60. The fourth-order valence-electron chi connectivity index (χ4n) is 4.80. The molecule has 2 fully saturated rings. The SMILES string of the molecule is CC1=CC(=O)Cc2ccc(NC(=O)c3cc(S(=O)(=O)N4CCOCC4)ccc3N3CCCC3)nc21. The van der Waals surface area contributed by atoms with Gasteiger partial charge < -0.3 is 15.0 Å². The van der Waals surface area contributed by atoms with E-state index >= 15 is 0 Å². The second kappa shape index (κ2) is 9.52. The molecule has 3 aliphatic rings. The average molecular weight is 497 g/mol. The Kier molecular flexibility index (Phi) is 6.43. The summed E-state index contributed by atoms with van der Waals surface area (Å²) in [5.74, 6) is -0.0429. The summed E-state index contributed by atoms with van der Waals surface area (Å²) in [5.41, 5.74) is 3.27. The fourth-order valence-corrected chi connectivity index (χ4v) is 6.24. The van der Waals surface area contributed by atoms with Gasteiger partial charge in [-0.2, -0.15) is 4.31 Å². The smallest absolute Gasteiger partial charge is 0.258 e. The first-order valence-electron chi connectivity index (χ1n) is 11.8. The molecule has 0 saturated carbocycles. The molecule has 2 aliphatic heterocycles. The number of ether oxygens (including phenoxy) is 1. The summed E-state index contributed by atoms with van der Waals surface area (Å²) >= 11 is 0. The number of hydrogen-bond donors (Lipinski definition) is 1. The van der Waals surface area contributed by atoms with Crippen LogP contribution in [0.5, 0.6) is 0 Å². The number of aromatic nitrogens is 1. The number of amides is 1. The van der Waals surface area contributed by atoms with Crippen LogP contribution in [0.3, 0.4) is 0 Å². The van der Waals surface area contributed by atoms with Crippen molar-refractivity contribution in [3.63, 3.8) is 0 Å². The van der Waals surface area contributed by atoms with Crippen LogP contribution in [0.15, 0.2) is 41.3 Å². The number of carbonyl (C=O) groups is 2. The first-order chi connectivity index (χ1) is 16.8. The molecule has 10 heteroatoms. The lowest BCUT2D eigenvalue weighted by Crippen LogP contribution is -2.40. The Hall–Kier alpha value is -3.08. The summed E-state index contributed by atoms with van der Waals surface area (Å²) in [6, 6.07) is 8.25. The highest BCUT2D eigenvalue weighted by atomic mass is 32.2. The Morgan fingerprint density at radius 2 is 1.80 bits per heavy atom. The standard InChI is InChI=1S/C25H28N4O5S/c1-17-14-19(30)15-18-4-7-23(26-24(17)18)27-25(31)21-16-20(5-6-22(21)28-8-2-3-9-28)35(32,33)29-10-12-34-13-11-29/h4-7,14,16H,2-3,8-13,15H2,1H3,(H,26,27,31). The Morgan fingerprint density at radius 3 is 2.54 bits per heavy atom. The number of benzene rings is 1. The number of nitrogens with zero attached hydrogens (tertiary/aromatic N) is 3. The van der Waals surface area contributed by atoms with Crippen LogP contribution in [0.4, 0.5) is 11.5 Å². The lowest BCUT2D eigenvalue weighted by molar-refractivity contribution is -0.114. The summed E-state index contributed by atoms with van der Waals surface area (Å²) in [7, 11) is -3.76. The molecular formula is C25H28N4O5S. The third kappa shape index (κ3) is 4.73. The minimum atomic E-state index is -3.76. The van der Waals surface area contributed by atoms with E-state index in [2.05, 4.69) is 15.2 Å². The maximum Gasteiger partial charge on any atom is 0.258 e. The second-order valence-electron chi connectivity index (χ2n) is 9.02. The molecule has 9 nitrogen and oxygen atoms in total. The van der Waals surface area contributed by atoms with E-state index in [-0.39, 0.29) is 30.2 Å². The number of rotatable bonds is 5. The molecule has 0 radical (unpaired) electrons. The molecule has 0 atom stereocenters. The van der Waals surface area contributed by atoms with Crippen molar-refractivity contribution in [3.05, 3.63) is 53.2 Å². The van der Waals surface area contributed by atoms with Crippen LogP contribution in [0, 0.1) is 0 Å². The number of allylic oxidation sites excluding steroid dienone is 2. The summed E-state index contributed by atoms with van der Waals surface area (Å²) in [6.45, 7) is 4.71. The van der Waals surface area contributed by atoms with Gasteiger partial charge in [0.15, 0.2) is 5.78 Å². The molecule has 0 spiro atoms. The molecule has 35 heavy (non-hydrogen) atoms. The Bertz CT molecular complexity index is 1310. The Labute approximate surface area is 204 Å². The second-order valence-corrected chi connectivity index (χ2v) is 11.0. The van der Waals surface area contributed by atoms with E-state index in [0.717, 1.165) is 37.1 Å². The fraction of sp³-hybridized carbons (Fsp3) is 0.400. The molecule has 1 N–H and O–H groups in total. The van der Waals surface area contributed by atoms with Crippen molar-refractivity contribution >= 4 is 38.8 Å². The van der Waals surface area contributed by atoms with Gasteiger partial charge >= 0.3 is 0 Å². The molecule has 3 heterocycles. The van der Waals surface area contributed by atoms with E-state index in [9.17, 15) is 18.0 Å². The van der Waals surface area contributed by atoms with Crippen molar-refractivity contribution < 1.29 is 22.7 Å². The molecule has 0 unspecified atom stereocenters. The molecule has 1 amide bonds. The molecule has 2 aromatic rings. The van der Waals surface area contributed by atoms with Gasteiger partial charge in [-0.15, -0.1) is 0 Å². The third-order valence-corrected chi connectivity index (χ3v) is 8.50. The van der Waals surface area contributed by atoms with Gasteiger partial charge in [-0.05, 0) is 61.2 Å². The van der Waals surface area contributed by atoms with Gasteiger partial charge in [0.25, 0.3) is 5.91 Å². The minimum absolute atomic E-state index is 0.0298. The number of sulfonamides is 1.